The standard InChI is InChI=1S/C12H14N4O2/c1-8-7-10(15-18-8)14-12(17)9-5-4-6-13-11(9)16(2)3/h4-7H,1-3H3,(H,14,15,17). The van der Waals surface area contributed by atoms with Crippen molar-refractivity contribution >= 4 is 17.5 Å². The molecule has 0 radical (unpaired) electrons. The first-order chi connectivity index (χ1) is 8.58. The van der Waals surface area contributed by atoms with E-state index >= 15 is 0 Å². The molecule has 2 heterocycles. The first-order valence-corrected chi connectivity index (χ1v) is 5.45. The molecule has 94 valence electrons. The summed E-state index contributed by atoms with van der Waals surface area (Å²) in [6, 6.07) is 5.09. The average Bonchev–Trinajstić information content (AvgIpc) is 2.74. The van der Waals surface area contributed by atoms with E-state index in [0.29, 0.717) is 23.0 Å². The summed E-state index contributed by atoms with van der Waals surface area (Å²) in [6.45, 7) is 1.76. The molecule has 2 aromatic rings. The van der Waals surface area contributed by atoms with E-state index in [2.05, 4.69) is 15.5 Å². The van der Waals surface area contributed by atoms with E-state index in [1.54, 1.807) is 36.2 Å². The quantitative estimate of drug-likeness (QED) is 0.892. The zero-order valence-electron chi connectivity index (χ0n) is 10.5. The number of amides is 1. The van der Waals surface area contributed by atoms with E-state index in [1.165, 1.54) is 0 Å². The molecule has 0 saturated heterocycles. The Kier molecular flexibility index (Phi) is 3.27. The summed E-state index contributed by atoms with van der Waals surface area (Å²) in [7, 11) is 3.67. The smallest absolute Gasteiger partial charge is 0.260 e. The Morgan fingerprint density at radius 3 is 2.83 bits per heavy atom. The second-order valence-electron chi connectivity index (χ2n) is 4.05. The lowest BCUT2D eigenvalue weighted by molar-refractivity contribution is 0.102. The largest absolute Gasteiger partial charge is 0.362 e. The number of nitrogens with zero attached hydrogens (tertiary/aromatic N) is 3. The normalized spacial score (nSPS) is 10.2. The third-order valence-corrected chi connectivity index (χ3v) is 2.32. The highest BCUT2D eigenvalue weighted by Gasteiger charge is 2.15. The Morgan fingerprint density at radius 2 is 2.22 bits per heavy atom. The molecule has 2 aromatic heterocycles. The van der Waals surface area contributed by atoms with Crippen molar-refractivity contribution in [3.8, 4) is 0 Å². The Morgan fingerprint density at radius 1 is 1.44 bits per heavy atom. The molecule has 6 heteroatoms. The fourth-order valence-corrected chi connectivity index (χ4v) is 1.54. The van der Waals surface area contributed by atoms with Crippen molar-refractivity contribution in [3.05, 3.63) is 35.7 Å². The third kappa shape index (κ3) is 2.48. The maximum Gasteiger partial charge on any atom is 0.260 e. The molecule has 0 bridgehead atoms. The molecule has 18 heavy (non-hydrogen) atoms. The van der Waals surface area contributed by atoms with Gasteiger partial charge >= 0.3 is 0 Å². The van der Waals surface area contributed by atoms with E-state index in [9.17, 15) is 4.79 Å². The van der Waals surface area contributed by atoms with E-state index in [0.717, 1.165) is 0 Å². The van der Waals surface area contributed by atoms with Crippen LogP contribution in [0.4, 0.5) is 11.6 Å². The number of pyridine rings is 1. The van der Waals surface area contributed by atoms with Crippen LogP contribution in [0.25, 0.3) is 0 Å². The molecule has 0 aliphatic rings. The zero-order valence-corrected chi connectivity index (χ0v) is 10.5. The van der Waals surface area contributed by atoms with Gasteiger partial charge in [0.1, 0.15) is 11.6 Å². The van der Waals surface area contributed by atoms with E-state index in [4.69, 9.17) is 4.52 Å². The second kappa shape index (κ2) is 4.87. The summed E-state index contributed by atoms with van der Waals surface area (Å²) in [6.07, 6.45) is 1.65. The van der Waals surface area contributed by atoms with Gasteiger partial charge < -0.3 is 14.7 Å². The van der Waals surface area contributed by atoms with Gasteiger partial charge in [-0.3, -0.25) is 4.79 Å². The maximum absolute atomic E-state index is 12.1. The number of aryl methyl sites for hydroxylation is 1. The van der Waals surface area contributed by atoms with Crippen LogP contribution in [0.2, 0.25) is 0 Å². The fourth-order valence-electron chi connectivity index (χ4n) is 1.54. The number of carbonyl (C=O) groups is 1. The molecule has 2 rings (SSSR count). The zero-order chi connectivity index (χ0) is 13.1. The molecule has 0 aromatic carbocycles. The van der Waals surface area contributed by atoms with Crippen LogP contribution in [0.3, 0.4) is 0 Å². The number of hydrogen-bond donors (Lipinski definition) is 1. The Bertz CT molecular complexity index is 563. The van der Waals surface area contributed by atoms with Crippen LogP contribution in [0.5, 0.6) is 0 Å². The molecule has 1 amide bonds. The minimum absolute atomic E-state index is 0.264. The summed E-state index contributed by atoms with van der Waals surface area (Å²) < 4.78 is 4.89. The number of aromatic nitrogens is 2. The summed E-state index contributed by atoms with van der Waals surface area (Å²) >= 11 is 0. The molecule has 0 unspecified atom stereocenters. The van der Waals surface area contributed by atoms with Crippen molar-refractivity contribution in [1.82, 2.24) is 10.1 Å². The summed E-state index contributed by atoms with van der Waals surface area (Å²) in [5, 5.41) is 6.38. The number of rotatable bonds is 3. The van der Waals surface area contributed by atoms with Crippen molar-refractivity contribution in [2.45, 2.75) is 6.92 Å². The fraction of sp³-hybridized carbons (Fsp3) is 0.250. The van der Waals surface area contributed by atoms with E-state index in [-0.39, 0.29) is 5.91 Å². The van der Waals surface area contributed by atoms with Gasteiger partial charge in [-0.05, 0) is 19.1 Å². The average molecular weight is 246 g/mol. The molecule has 0 saturated carbocycles. The van der Waals surface area contributed by atoms with Gasteiger partial charge in [-0.2, -0.15) is 0 Å². The maximum atomic E-state index is 12.1. The van der Waals surface area contributed by atoms with Crippen molar-refractivity contribution in [2.75, 3.05) is 24.3 Å². The number of anilines is 2. The molecule has 0 aliphatic heterocycles. The lowest BCUT2D eigenvalue weighted by Crippen LogP contribution is -2.19. The first-order valence-electron chi connectivity index (χ1n) is 5.45. The summed E-state index contributed by atoms with van der Waals surface area (Å²) in [5.41, 5.74) is 0.489. The first kappa shape index (κ1) is 12.1. The van der Waals surface area contributed by atoms with Gasteiger partial charge in [-0.15, -0.1) is 0 Å². The topological polar surface area (TPSA) is 71.3 Å². The van der Waals surface area contributed by atoms with E-state index in [1.807, 2.05) is 14.1 Å². The van der Waals surface area contributed by atoms with Crippen LogP contribution in [-0.2, 0) is 0 Å². The van der Waals surface area contributed by atoms with Crippen LogP contribution in [-0.4, -0.2) is 30.1 Å². The van der Waals surface area contributed by atoms with Gasteiger partial charge in [0.15, 0.2) is 5.82 Å². The van der Waals surface area contributed by atoms with Crippen LogP contribution < -0.4 is 10.2 Å². The summed E-state index contributed by atoms with van der Waals surface area (Å²) in [4.78, 5) is 18.0. The minimum Gasteiger partial charge on any atom is -0.362 e. The molecule has 0 fully saturated rings. The monoisotopic (exact) mass is 246 g/mol. The molecule has 0 aliphatic carbocycles. The van der Waals surface area contributed by atoms with Crippen LogP contribution in [0.15, 0.2) is 28.9 Å². The minimum atomic E-state index is -0.264. The molecule has 0 spiro atoms. The van der Waals surface area contributed by atoms with Gasteiger partial charge in [0.2, 0.25) is 0 Å². The van der Waals surface area contributed by atoms with Crippen molar-refractivity contribution < 1.29 is 9.32 Å². The van der Waals surface area contributed by atoms with Crippen molar-refractivity contribution in [2.24, 2.45) is 0 Å². The lowest BCUT2D eigenvalue weighted by atomic mass is 10.2. The third-order valence-electron chi connectivity index (χ3n) is 2.32. The predicted octanol–water partition coefficient (Wildman–Crippen LogP) is 1.70. The van der Waals surface area contributed by atoms with Crippen molar-refractivity contribution in [1.29, 1.82) is 0 Å². The van der Waals surface area contributed by atoms with Gasteiger partial charge in [0.25, 0.3) is 5.91 Å². The predicted molar refractivity (Wildman–Crippen MR) is 67.8 cm³/mol. The highest BCUT2D eigenvalue weighted by molar-refractivity contribution is 6.07. The molecular weight excluding hydrogens is 232 g/mol. The Labute approximate surface area is 105 Å². The number of nitrogens with one attached hydrogen (secondary N) is 1. The van der Waals surface area contributed by atoms with E-state index < -0.39 is 0 Å². The Hall–Kier alpha value is -2.37. The van der Waals surface area contributed by atoms with Gasteiger partial charge in [-0.1, -0.05) is 5.16 Å². The van der Waals surface area contributed by atoms with Gasteiger partial charge in [0.05, 0.1) is 5.56 Å². The number of carbonyl (C=O) groups excluding carboxylic acids is 1. The van der Waals surface area contributed by atoms with Crippen LogP contribution in [0.1, 0.15) is 16.1 Å². The molecule has 6 nitrogen and oxygen atoms in total. The highest BCUT2D eigenvalue weighted by atomic mass is 16.5. The van der Waals surface area contributed by atoms with Gasteiger partial charge in [-0.25, -0.2) is 4.98 Å². The van der Waals surface area contributed by atoms with Crippen LogP contribution >= 0.6 is 0 Å². The molecule has 0 atom stereocenters. The molecular formula is C12H14N4O2. The lowest BCUT2D eigenvalue weighted by Gasteiger charge is -2.14. The van der Waals surface area contributed by atoms with Crippen LogP contribution in [0, 0.1) is 6.92 Å². The number of hydrogen-bond acceptors (Lipinski definition) is 5. The second-order valence-corrected chi connectivity index (χ2v) is 4.05. The SMILES string of the molecule is Cc1cc(NC(=O)c2cccnc2N(C)C)no1. The van der Waals surface area contributed by atoms with Gasteiger partial charge in [0, 0.05) is 26.4 Å². The summed E-state index contributed by atoms with van der Waals surface area (Å²) in [5.74, 6) is 1.38. The Balaban J connectivity index is 2.24. The molecule has 1 N–H and O–H groups in total. The highest BCUT2D eigenvalue weighted by Crippen LogP contribution is 2.16. The van der Waals surface area contributed by atoms with Crippen molar-refractivity contribution in [3.63, 3.8) is 0 Å².